The summed E-state index contributed by atoms with van der Waals surface area (Å²) in [6.07, 6.45) is 2.44. The van der Waals surface area contributed by atoms with E-state index in [9.17, 15) is 8.42 Å². The predicted molar refractivity (Wildman–Crippen MR) is 118 cm³/mol. The monoisotopic (exact) mass is 416 g/mol. The van der Waals surface area contributed by atoms with Gasteiger partial charge in [0.25, 0.3) is 0 Å². The number of rotatable bonds is 6. The van der Waals surface area contributed by atoms with Crippen LogP contribution >= 0.6 is 0 Å². The number of hydrogen-bond acceptors (Lipinski definition) is 4. The van der Waals surface area contributed by atoms with Gasteiger partial charge in [-0.05, 0) is 80.5 Å². The number of sulfonamides is 1. The molecule has 2 aromatic rings. The maximum Gasteiger partial charge on any atom is 0.241 e. The van der Waals surface area contributed by atoms with Gasteiger partial charge in [-0.2, -0.15) is 0 Å². The van der Waals surface area contributed by atoms with Gasteiger partial charge in [-0.3, -0.25) is 0 Å². The van der Waals surface area contributed by atoms with E-state index < -0.39 is 10.0 Å². The molecule has 2 aromatic carbocycles. The largest absolute Gasteiger partial charge is 0.496 e. The second kappa shape index (κ2) is 8.76. The Kier molecular flexibility index (Phi) is 6.54. The van der Waals surface area contributed by atoms with Gasteiger partial charge in [0, 0.05) is 24.8 Å². The fourth-order valence-electron chi connectivity index (χ4n) is 3.89. The van der Waals surface area contributed by atoms with Crippen LogP contribution in [0.25, 0.3) is 0 Å². The van der Waals surface area contributed by atoms with Crippen LogP contribution in [0.4, 0.5) is 5.69 Å². The highest BCUT2D eigenvalue weighted by atomic mass is 32.2. The second-order valence-corrected chi connectivity index (χ2v) is 9.80. The number of anilines is 1. The molecular weight excluding hydrogens is 384 g/mol. The van der Waals surface area contributed by atoms with Gasteiger partial charge in [0.1, 0.15) is 5.75 Å². The van der Waals surface area contributed by atoms with Crippen LogP contribution < -0.4 is 14.4 Å². The van der Waals surface area contributed by atoms with Crippen LogP contribution in [0.2, 0.25) is 0 Å². The van der Waals surface area contributed by atoms with Gasteiger partial charge in [-0.25, -0.2) is 13.1 Å². The summed E-state index contributed by atoms with van der Waals surface area (Å²) in [5.74, 6) is 1.49. The topological polar surface area (TPSA) is 58.6 Å². The summed E-state index contributed by atoms with van der Waals surface area (Å²) in [7, 11) is -2.05. The lowest BCUT2D eigenvalue weighted by Gasteiger charge is -2.32. The van der Waals surface area contributed by atoms with Crippen LogP contribution in [0.15, 0.2) is 41.3 Å². The van der Waals surface area contributed by atoms with E-state index in [2.05, 4.69) is 28.7 Å². The molecule has 1 aliphatic rings. The van der Waals surface area contributed by atoms with Crippen molar-refractivity contribution >= 4 is 15.7 Å². The first-order valence-electron chi connectivity index (χ1n) is 10.2. The zero-order valence-corrected chi connectivity index (χ0v) is 18.8. The van der Waals surface area contributed by atoms with Crippen molar-refractivity contribution in [1.29, 1.82) is 0 Å². The highest BCUT2D eigenvalue weighted by molar-refractivity contribution is 7.89. The third kappa shape index (κ3) is 4.75. The minimum Gasteiger partial charge on any atom is -0.496 e. The molecule has 0 radical (unpaired) electrons. The van der Waals surface area contributed by atoms with Crippen LogP contribution in [0.1, 0.15) is 49.4 Å². The number of benzene rings is 2. The van der Waals surface area contributed by atoms with Crippen LogP contribution in [-0.4, -0.2) is 28.6 Å². The molecule has 0 spiro atoms. The summed E-state index contributed by atoms with van der Waals surface area (Å²) in [5.41, 5.74) is 3.70. The van der Waals surface area contributed by atoms with Crippen LogP contribution in [0, 0.1) is 19.8 Å². The molecule has 1 N–H and O–H groups in total. The Morgan fingerprint density at radius 1 is 1.03 bits per heavy atom. The molecule has 1 heterocycles. The van der Waals surface area contributed by atoms with Gasteiger partial charge in [-0.1, -0.05) is 19.1 Å². The first-order valence-corrected chi connectivity index (χ1v) is 11.7. The minimum absolute atomic E-state index is 0.293. The molecule has 5 nitrogen and oxygen atoms in total. The Bertz CT molecular complexity index is 947. The maximum absolute atomic E-state index is 13.0. The average molecular weight is 417 g/mol. The summed E-state index contributed by atoms with van der Waals surface area (Å²) in [5, 5.41) is 0. The van der Waals surface area contributed by atoms with E-state index in [1.807, 2.05) is 32.9 Å². The lowest BCUT2D eigenvalue weighted by Crippen LogP contribution is -2.32. The zero-order chi connectivity index (χ0) is 21.2. The van der Waals surface area contributed by atoms with E-state index in [4.69, 9.17) is 4.74 Å². The highest BCUT2D eigenvalue weighted by Gasteiger charge is 2.23. The molecule has 0 saturated carbocycles. The Morgan fingerprint density at radius 2 is 1.66 bits per heavy atom. The number of nitrogens with zero attached hydrogens (tertiary/aromatic N) is 1. The molecule has 0 bridgehead atoms. The summed E-state index contributed by atoms with van der Waals surface area (Å²) in [4.78, 5) is 2.70. The van der Waals surface area contributed by atoms with Crippen molar-refractivity contribution in [3.8, 4) is 5.75 Å². The third-order valence-corrected chi connectivity index (χ3v) is 7.76. The number of ether oxygens (including phenoxy) is 1. The molecule has 1 unspecified atom stereocenters. The smallest absolute Gasteiger partial charge is 0.241 e. The van der Waals surface area contributed by atoms with E-state index in [0.717, 1.165) is 30.1 Å². The summed E-state index contributed by atoms with van der Waals surface area (Å²) < 4.78 is 34.1. The Balaban J connectivity index is 1.74. The lowest BCUT2D eigenvalue weighted by atomic mass is 9.98. The fraction of sp³-hybridized carbons (Fsp3) is 0.478. The van der Waals surface area contributed by atoms with Crippen molar-refractivity contribution in [3.05, 3.63) is 53.1 Å². The standard InChI is InChI=1S/C23H32N2O3S/c1-16-12-14-25(15-13-16)21-8-6-20(7-9-21)19(4)24-29(26,27)23-11-10-22(28-5)17(2)18(23)3/h6-11,16,19,24H,12-15H2,1-5H3. The van der Waals surface area contributed by atoms with E-state index >= 15 is 0 Å². The van der Waals surface area contributed by atoms with Gasteiger partial charge in [0.15, 0.2) is 0 Å². The molecule has 0 aliphatic carbocycles. The molecule has 1 atom stereocenters. The van der Waals surface area contributed by atoms with Crippen LogP contribution in [0.5, 0.6) is 5.75 Å². The van der Waals surface area contributed by atoms with E-state index in [0.29, 0.717) is 16.2 Å². The molecule has 1 fully saturated rings. The lowest BCUT2D eigenvalue weighted by molar-refractivity contribution is 0.410. The molecule has 0 aromatic heterocycles. The number of methoxy groups -OCH3 is 1. The SMILES string of the molecule is COc1ccc(S(=O)(=O)NC(C)c2ccc(N3CCC(C)CC3)cc2)c(C)c1C. The summed E-state index contributed by atoms with van der Waals surface area (Å²) in [6, 6.07) is 11.2. The maximum atomic E-state index is 13.0. The van der Waals surface area contributed by atoms with Crippen molar-refractivity contribution in [2.45, 2.75) is 51.5 Å². The summed E-state index contributed by atoms with van der Waals surface area (Å²) >= 11 is 0. The molecule has 1 saturated heterocycles. The van der Waals surface area contributed by atoms with E-state index in [1.54, 1.807) is 19.2 Å². The Morgan fingerprint density at radius 3 is 2.24 bits per heavy atom. The molecule has 3 rings (SSSR count). The normalized spacial score (nSPS) is 16.7. The van der Waals surface area contributed by atoms with Gasteiger partial charge in [-0.15, -0.1) is 0 Å². The van der Waals surface area contributed by atoms with Crippen molar-refractivity contribution in [2.24, 2.45) is 5.92 Å². The predicted octanol–water partition coefficient (Wildman–Crippen LogP) is 4.59. The van der Waals surface area contributed by atoms with Crippen molar-refractivity contribution in [1.82, 2.24) is 4.72 Å². The summed E-state index contributed by atoms with van der Waals surface area (Å²) in [6.45, 7) is 10.0. The molecule has 1 aliphatic heterocycles. The van der Waals surface area contributed by atoms with Gasteiger partial charge < -0.3 is 9.64 Å². The second-order valence-electron chi connectivity index (χ2n) is 8.12. The van der Waals surface area contributed by atoms with E-state index in [-0.39, 0.29) is 6.04 Å². The number of hydrogen-bond donors (Lipinski definition) is 1. The average Bonchev–Trinajstić information content (AvgIpc) is 2.70. The van der Waals surface area contributed by atoms with Gasteiger partial charge >= 0.3 is 0 Å². The van der Waals surface area contributed by atoms with Crippen molar-refractivity contribution in [2.75, 3.05) is 25.1 Å². The van der Waals surface area contributed by atoms with Crippen molar-refractivity contribution < 1.29 is 13.2 Å². The first kappa shape index (κ1) is 21.7. The van der Waals surface area contributed by atoms with Gasteiger partial charge in [0.05, 0.1) is 12.0 Å². The van der Waals surface area contributed by atoms with Crippen molar-refractivity contribution in [3.63, 3.8) is 0 Å². The molecule has 158 valence electrons. The zero-order valence-electron chi connectivity index (χ0n) is 18.0. The molecular formula is C23H32N2O3S. The Hall–Kier alpha value is -2.05. The third-order valence-electron chi connectivity index (χ3n) is 6.07. The van der Waals surface area contributed by atoms with E-state index in [1.165, 1.54) is 18.5 Å². The molecule has 6 heteroatoms. The molecule has 29 heavy (non-hydrogen) atoms. The molecule has 0 amide bonds. The highest BCUT2D eigenvalue weighted by Crippen LogP contribution is 2.29. The first-order chi connectivity index (χ1) is 13.7. The number of nitrogens with one attached hydrogen (secondary N) is 1. The van der Waals surface area contributed by atoms with Crippen LogP contribution in [-0.2, 0) is 10.0 Å². The number of piperidine rings is 1. The quantitative estimate of drug-likeness (QED) is 0.748. The van der Waals surface area contributed by atoms with Gasteiger partial charge in [0.2, 0.25) is 10.0 Å². The van der Waals surface area contributed by atoms with Crippen LogP contribution in [0.3, 0.4) is 0 Å². The fourth-order valence-corrected chi connectivity index (χ4v) is 5.42. The minimum atomic E-state index is -3.64. The Labute approximate surface area is 175 Å².